The summed E-state index contributed by atoms with van der Waals surface area (Å²) in [6, 6.07) is 15.7. The molecular formula is C27H27NO4. The number of likely N-dealkylation sites (N-methyl/N-ethyl adjacent to an activating group) is 1. The van der Waals surface area contributed by atoms with Gasteiger partial charge in [0.05, 0.1) is 6.61 Å². The van der Waals surface area contributed by atoms with E-state index >= 15 is 0 Å². The van der Waals surface area contributed by atoms with Crippen molar-refractivity contribution < 1.29 is 19.1 Å². The van der Waals surface area contributed by atoms with Crippen LogP contribution in [0.1, 0.15) is 34.0 Å². The Morgan fingerprint density at radius 1 is 1.00 bits per heavy atom. The van der Waals surface area contributed by atoms with Crippen LogP contribution in [-0.4, -0.2) is 43.9 Å². The molecule has 0 fully saturated rings. The van der Waals surface area contributed by atoms with Gasteiger partial charge in [0, 0.05) is 19.7 Å². The minimum Gasteiger partial charge on any atom is -0.490 e. The number of carbonyl (C=O) groups excluding carboxylic acids is 2. The Labute approximate surface area is 188 Å². The maximum absolute atomic E-state index is 13.0. The van der Waals surface area contributed by atoms with Crippen molar-refractivity contribution in [3.05, 3.63) is 76.9 Å². The second-order valence-corrected chi connectivity index (χ2v) is 8.02. The Morgan fingerprint density at radius 2 is 1.84 bits per heavy atom. The summed E-state index contributed by atoms with van der Waals surface area (Å²) in [5.41, 5.74) is 4.06. The van der Waals surface area contributed by atoms with Crippen LogP contribution in [0.25, 0.3) is 16.8 Å². The van der Waals surface area contributed by atoms with E-state index in [2.05, 4.69) is 18.2 Å². The maximum atomic E-state index is 13.0. The van der Waals surface area contributed by atoms with Gasteiger partial charge in [0.25, 0.3) is 5.91 Å². The molecule has 0 unspecified atom stereocenters. The highest BCUT2D eigenvalue weighted by atomic mass is 16.5. The molecule has 0 atom stereocenters. The summed E-state index contributed by atoms with van der Waals surface area (Å²) in [6.07, 6.45) is 5.28. The molecular weight excluding hydrogens is 402 g/mol. The Bertz CT molecular complexity index is 1210. The SMILES string of the molecule is CCOc1cc(C=CC(=O)c2ccc3cccc4c3c2CC4)ccc1OCC(=O)N(C)C. The van der Waals surface area contributed by atoms with Crippen LogP contribution in [0.5, 0.6) is 11.5 Å². The fraction of sp³-hybridized carbons (Fsp3) is 0.259. The van der Waals surface area contributed by atoms with Crippen LogP contribution >= 0.6 is 0 Å². The van der Waals surface area contributed by atoms with Crippen LogP contribution in [0.2, 0.25) is 0 Å². The molecule has 0 heterocycles. The van der Waals surface area contributed by atoms with Crippen LogP contribution in [0.4, 0.5) is 0 Å². The molecule has 5 heteroatoms. The molecule has 32 heavy (non-hydrogen) atoms. The lowest BCUT2D eigenvalue weighted by Gasteiger charge is -2.14. The minimum atomic E-state index is -0.131. The largest absolute Gasteiger partial charge is 0.490 e. The molecule has 0 aliphatic heterocycles. The van der Waals surface area contributed by atoms with Crippen molar-refractivity contribution in [2.75, 3.05) is 27.3 Å². The van der Waals surface area contributed by atoms with Gasteiger partial charge < -0.3 is 14.4 Å². The first-order chi connectivity index (χ1) is 15.5. The molecule has 1 aliphatic carbocycles. The van der Waals surface area contributed by atoms with Gasteiger partial charge in [-0.15, -0.1) is 0 Å². The van der Waals surface area contributed by atoms with Crippen LogP contribution in [-0.2, 0) is 17.6 Å². The van der Waals surface area contributed by atoms with Crippen molar-refractivity contribution in [1.82, 2.24) is 4.90 Å². The van der Waals surface area contributed by atoms with Gasteiger partial charge in [-0.25, -0.2) is 0 Å². The van der Waals surface area contributed by atoms with Crippen molar-refractivity contribution in [3.8, 4) is 11.5 Å². The van der Waals surface area contributed by atoms with E-state index in [0.717, 1.165) is 29.5 Å². The van der Waals surface area contributed by atoms with Crippen molar-refractivity contribution >= 4 is 28.5 Å². The molecule has 3 aromatic carbocycles. The van der Waals surface area contributed by atoms with Crippen molar-refractivity contribution in [1.29, 1.82) is 0 Å². The molecule has 1 amide bonds. The van der Waals surface area contributed by atoms with Gasteiger partial charge in [-0.2, -0.15) is 0 Å². The van der Waals surface area contributed by atoms with Crippen molar-refractivity contribution in [3.63, 3.8) is 0 Å². The minimum absolute atomic E-state index is 0.00605. The first-order valence-electron chi connectivity index (χ1n) is 10.8. The summed E-state index contributed by atoms with van der Waals surface area (Å²) < 4.78 is 11.3. The summed E-state index contributed by atoms with van der Waals surface area (Å²) in [5.74, 6) is 0.908. The molecule has 1 aliphatic rings. The number of ether oxygens (including phenoxy) is 2. The summed E-state index contributed by atoms with van der Waals surface area (Å²) in [7, 11) is 3.37. The smallest absolute Gasteiger partial charge is 0.259 e. The number of hydrogen-bond donors (Lipinski definition) is 0. The van der Waals surface area contributed by atoms with Gasteiger partial charge >= 0.3 is 0 Å². The molecule has 4 rings (SSSR count). The third-order valence-corrected chi connectivity index (χ3v) is 5.69. The summed E-state index contributed by atoms with van der Waals surface area (Å²) in [6.45, 7) is 2.29. The number of benzene rings is 3. The summed E-state index contributed by atoms with van der Waals surface area (Å²) in [4.78, 5) is 26.3. The molecule has 0 saturated heterocycles. The molecule has 0 N–H and O–H groups in total. The van der Waals surface area contributed by atoms with Crippen LogP contribution in [0.3, 0.4) is 0 Å². The van der Waals surface area contributed by atoms with E-state index in [1.54, 1.807) is 32.3 Å². The third-order valence-electron chi connectivity index (χ3n) is 5.69. The van der Waals surface area contributed by atoms with Gasteiger partial charge in [-0.3, -0.25) is 9.59 Å². The van der Waals surface area contributed by atoms with Crippen LogP contribution in [0, 0.1) is 0 Å². The second-order valence-electron chi connectivity index (χ2n) is 8.02. The van der Waals surface area contributed by atoms with Gasteiger partial charge in [0.2, 0.25) is 0 Å². The van der Waals surface area contributed by atoms with E-state index in [9.17, 15) is 9.59 Å². The predicted molar refractivity (Wildman–Crippen MR) is 127 cm³/mol. The topological polar surface area (TPSA) is 55.8 Å². The van der Waals surface area contributed by atoms with E-state index in [4.69, 9.17) is 9.47 Å². The number of carbonyl (C=O) groups is 2. The zero-order valence-corrected chi connectivity index (χ0v) is 18.7. The molecule has 0 bridgehead atoms. The Balaban J connectivity index is 1.54. The van der Waals surface area contributed by atoms with Gasteiger partial charge in [0.1, 0.15) is 0 Å². The zero-order valence-electron chi connectivity index (χ0n) is 18.7. The molecule has 0 aromatic heterocycles. The number of rotatable bonds is 8. The van der Waals surface area contributed by atoms with E-state index in [-0.39, 0.29) is 18.3 Å². The highest BCUT2D eigenvalue weighted by Gasteiger charge is 2.19. The lowest BCUT2D eigenvalue weighted by molar-refractivity contribution is -0.130. The molecule has 0 radical (unpaired) electrons. The van der Waals surface area contributed by atoms with Crippen molar-refractivity contribution in [2.24, 2.45) is 0 Å². The lowest BCUT2D eigenvalue weighted by atomic mass is 9.97. The van der Waals surface area contributed by atoms with Crippen molar-refractivity contribution in [2.45, 2.75) is 19.8 Å². The highest BCUT2D eigenvalue weighted by molar-refractivity contribution is 6.11. The fourth-order valence-corrected chi connectivity index (χ4v) is 4.04. The average molecular weight is 430 g/mol. The Hall–Kier alpha value is -3.60. The first kappa shape index (κ1) is 21.6. The van der Waals surface area contributed by atoms with Gasteiger partial charge in [-0.05, 0) is 65.4 Å². The molecule has 0 spiro atoms. The van der Waals surface area contributed by atoms with Gasteiger partial charge in [-0.1, -0.05) is 42.5 Å². The average Bonchev–Trinajstić information content (AvgIpc) is 3.23. The highest BCUT2D eigenvalue weighted by Crippen LogP contribution is 2.34. The summed E-state index contributed by atoms with van der Waals surface area (Å²) >= 11 is 0. The van der Waals surface area contributed by atoms with Crippen LogP contribution < -0.4 is 9.47 Å². The van der Waals surface area contributed by atoms with E-state index in [1.807, 2.05) is 31.2 Å². The number of amides is 1. The molecule has 164 valence electrons. The molecule has 3 aromatic rings. The summed E-state index contributed by atoms with van der Waals surface area (Å²) in [5, 5.41) is 2.43. The monoisotopic (exact) mass is 429 g/mol. The number of ketones is 1. The fourth-order valence-electron chi connectivity index (χ4n) is 4.04. The Morgan fingerprint density at radius 3 is 2.62 bits per heavy atom. The zero-order chi connectivity index (χ0) is 22.7. The maximum Gasteiger partial charge on any atom is 0.259 e. The first-order valence-corrected chi connectivity index (χ1v) is 10.8. The lowest BCUT2D eigenvalue weighted by Crippen LogP contribution is -2.27. The number of hydrogen-bond acceptors (Lipinski definition) is 4. The number of nitrogens with zero attached hydrogens (tertiary/aromatic N) is 1. The van der Waals surface area contributed by atoms with E-state index < -0.39 is 0 Å². The standard InChI is InChI=1S/C27H27NO4/c1-4-31-25-16-18(9-15-24(25)32-17-26(30)28(2)3)8-14-23(29)21-12-10-19-6-5-7-20-11-13-22(21)27(19)20/h5-10,12,14-16H,4,11,13,17H2,1-3H3. The van der Waals surface area contributed by atoms with E-state index in [0.29, 0.717) is 18.1 Å². The molecule has 5 nitrogen and oxygen atoms in total. The van der Waals surface area contributed by atoms with E-state index in [1.165, 1.54) is 21.2 Å². The second kappa shape index (κ2) is 9.27. The third kappa shape index (κ3) is 4.37. The van der Waals surface area contributed by atoms with Crippen LogP contribution in [0.15, 0.2) is 54.6 Å². The molecule has 0 saturated carbocycles. The Kier molecular flexibility index (Phi) is 6.26. The number of allylic oxidation sites excluding steroid dienone is 1. The van der Waals surface area contributed by atoms with Gasteiger partial charge in [0.15, 0.2) is 23.9 Å². The normalized spacial score (nSPS) is 12.3. The quantitative estimate of drug-likeness (QED) is 0.385. The predicted octanol–water partition coefficient (Wildman–Crippen LogP) is 4.70. The number of aryl methyl sites for hydroxylation is 2.